The molecule has 0 saturated carbocycles. The maximum atomic E-state index is 10.6. The second-order valence-electron chi connectivity index (χ2n) is 3.59. The summed E-state index contributed by atoms with van der Waals surface area (Å²) in [5, 5.41) is 9.23. The molecular formula is C10H8ClN2O2S-. The summed E-state index contributed by atoms with van der Waals surface area (Å²) in [5.41, 5.74) is 2.25. The topological polar surface area (TPSA) is 76.0 Å². The van der Waals surface area contributed by atoms with E-state index in [0.29, 0.717) is 17.0 Å². The van der Waals surface area contributed by atoms with Crippen molar-refractivity contribution >= 4 is 22.9 Å². The van der Waals surface area contributed by atoms with E-state index < -0.39 is 11.3 Å². The van der Waals surface area contributed by atoms with Gasteiger partial charge in [-0.05, 0) is 36.1 Å². The van der Waals surface area contributed by atoms with Crippen LogP contribution >= 0.6 is 11.6 Å². The third-order valence-corrected chi connectivity index (χ3v) is 3.42. The van der Waals surface area contributed by atoms with Crippen LogP contribution in [0.2, 0.25) is 5.02 Å². The highest BCUT2D eigenvalue weighted by molar-refractivity contribution is 7.77. The smallest absolute Gasteiger partial charge is 0.0992 e. The second-order valence-corrected chi connectivity index (χ2v) is 4.70. The van der Waals surface area contributed by atoms with E-state index in [0.717, 1.165) is 17.5 Å². The molecule has 0 amide bonds. The fourth-order valence-corrected chi connectivity index (χ4v) is 2.85. The molecule has 0 spiro atoms. The zero-order valence-electron chi connectivity index (χ0n) is 8.20. The van der Waals surface area contributed by atoms with Crippen LogP contribution in [0.5, 0.6) is 0 Å². The molecule has 0 aromatic heterocycles. The molecule has 0 fully saturated rings. The van der Waals surface area contributed by atoms with E-state index in [-0.39, 0.29) is 6.04 Å². The summed E-state index contributed by atoms with van der Waals surface area (Å²) in [6, 6.07) is 5.08. The van der Waals surface area contributed by atoms with E-state index in [1.54, 1.807) is 12.1 Å². The average Bonchev–Trinajstić information content (AvgIpc) is 2.60. The summed E-state index contributed by atoms with van der Waals surface area (Å²) in [5.74, 6) is 0. The van der Waals surface area contributed by atoms with E-state index in [2.05, 4.69) is 4.72 Å². The number of fused-ring (bicyclic) bond motifs is 1. The predicted molar refractivity (Wildman–Crippen MR) is 59.3 cm³/mol. The first-order valence-corrected chi connectivity index (χ1v) is 6.15. The maximum Gasteiger partial charge on any atom is 0.0992 e. The van der Waals surface area contributed by atoms with Gasteiger partial charge in [-0.1, -0.05) is 11.6 Å². The van der Waals surface area contributed by atoms with Gasteiger partial charge < -0.3 is 4.55 Å². The molecule has 0 saturated heterocycles. The van der Waals surface area contributed by atoms with E-state index in [1.165, 1.54) is 0 Å². The summed E-state index contributed by atoms with van der Waals surface area (Å²) >= 11 is 3.74. The zero-order chi connectivity index (χ0) is 11.7. The van der Waals surface area contributed by atoms with Crippen molar-refractivity contribution in [3.8, 4) is 6.07 Å². The number of halogens is 1. The van der Waals surface area contributed by atoms with Crippen molar-refractivity contribution < 1.29 is 8.76 Å². The third-order valence-electron chi connectivity index (χ3n) is 2.63. The number of hydrogen-bond donors (Lipinski definition) is 1. The van der Waals surface area contributed by atoms with Gasteiger partial charge in [-0.25, -0.2) is 4.72 Å². The zero-order valence-corrected chi connectivity index (χ0v) is 9.77. The van der Waals surface area contributed by atoms with Crippen molar-refractivity contribution in [1.29, 1.82) is 5.26 Å². The Morgan fingerprint density at radius 1 is 1.62 bits per heavy atom. The monoisotopic (exact) mass is 255 g/mol. The number of nitrogens with one attached hydrogen (secondary N) is 1. The summed E-state index contributed by atoms with van der Waals surface area (Å²) in [6.45, 7) is 0. The first-order valence-electron chi connectivity index (χ1n) is 4.69. The molecule has 0 bridgehead atoms. The molecule has 1 aliphatic rings. The Bertz CT molecular complexity index is 498. The lowest BCUT2D eigenvalue weighted by Crippen LogP contribution is -2.21. The molecule has 0 aliphatic heterocycles. The number of nitrogens with zero attached hydrogens (tertiary/aromatic N) is 1. The summed E-state index contributed by atoms with van der Waals surface area (Å²) in [4.78, 5) is 0. The normalized spacial score (nSPS) is 20.2. The van der Waals surface area contributed by atoms with Crippen LogP contribution in [0.25, 0.3) is 0 Å². The highest BCUT2D eigenvalue weighted by atomic mass is 35.5. The molecule has 1 aromatic rings. The van der Waals surface area contributed by atoms with Gasteiger partial charge in [0.15, 0.2) is 0 Å². The van der Waals surface area contributed by atoms with Gasteiger partial charge in [0, 0.05) is 22.3 Å². The molecule has 2 unspecified atom stereocenters. The third kappa shape index (κ3) is 2.11. The number of nitriles is 1. The van der Waals surface area contributed by atoms with Crippen LogP contribution < -0.4 is 4.72 Å². The van der Waals surface area contributed by atoms with Gasteiger partial charge in [0.1, 0.15) is 0 Å². The molecule has 1 aliphatic carbocycles. The minimum Gasteiger partial charge on any atom is -0.760 e. The predicted octanol–water partition coefficient (Wildman–Crippen LogP) is 1.58. The molecule has 2 rings (SSSR count). The molecular weight excluding hydrogens is 248 g/mol. The van der Waals surface area contributed by atoms with Crippen LogP contribution in [-0.4, -0.2) is 8.76 Å². The Morgan fingerprint density at radius 2 is 2.38 bits per heavy atom. The fourth-order valence-electron chi connectivity index (χ4n) is 2.01. The molecule has 16 heavy (non-hydrogen) atoms. The molecule has 84 valence electrons. The number of benzene rings is 1. The molecule has 4 nitrogen and oxygen atoms in total. The Kier molecular flexibility index (Phi) is 3.26. The van der Waals surface area contributed by atoms with Gasteiger partial charge in [0.05, 0.1) is 11.6 Å². The lowest BCUT2D eigenvalue weighted by atomic mass is 10.1. The van der Waals surface area contributed by atoms with Crippen LogP contribution in [-0.2, 0) is 17.7 Å². The lowest BCUT2D eigenvalue weighted by Gasteiger charge is -2.16. The van der Waals surface area contributed by atoms with Gasteiger partial charge in [0.2, 0.25) is 0 Å². The first kappa shape index (κ1) is 11.6. The van der Waals surface area contributed by atoms with Crippen molar-refractivity contribution in [3.63, 3.8) is 0 Å². The Hall–Kier alpha value is -0.930. The molecule has 0 heterocycles. The maximum absolute atomic E-state index is 10.6. The van der Waals surface area contributed by atoms with E-state index in [1.807, 2.05) is 6.07 Å². The van der Waals surface area contributed by atoms with Crippen LogP contribution in [0.4, 0.5) is 0 Å². The van der Waals surface area contributed by atoms with Crippen LogP contribution in [0.1, 0.15) is 29.2 Å². The Balaban J connectivity index is 2.40. The van der Waals surface area contributed by atoms with Crippen molar-refractivity contribution in [2.75, 3.05) is 0 Å². The largest absolute Gasteiger partial charge is 0.760 e. The second kappa shape index (κ2) is 4.52. The number of aryl methyl sites for hydroxylation is 1. The van der Waals surface area contributed by atoms with Crippen molar-refractivity contribution in [2.45, 2.75) is 18.9 Å². The Morgan fingerprint density at radius 3 is 3.00 bits per heavy atom. The summed E-state index contributed by atoms with van der Waals surface area (Å²) < 4.78 is 23.6. The van der Waals surface area contributed by atoms with Crippen molar-refractivity contribution in [1.82, 2.24) is 4.72 Å². The van der Waals surface area contributed by atoms with Gasteiger partial charge in [-0.3, -0.25) is 4.21 Å². The quantitative estimate of drug-likeness (QED) is 0.815. The Labute approximate surface area is 101 Å². The number of hydrogen-bond acceptors (Lipinski definition) is 3. The van der Waals surface area contributed by atoms with Gasteiger partial charge in [-0.15, -0.1) is 0 Å². The minimum absolute atomic E-state index is 0.270. The van der Waals surface area contributed by atoms with Gasteiger partial charge >= 0.3 is 0 Å². The van der Waals surface area contributed by atoms with Crippen LogP contribution in [0.15, 0.2) is 12.1 Å². The van der Waals surface area contributed by atoms with Crippen LogP contribution in [0, 0.1) is 11.3 Å². The van der Waals surface area contributed by atoms with E-state index >= 15 is 0 Å². The standard InChI is InChI=1S/C10H9ClN2O2S/c11-8-4-6(5-12)3-7-1-2-9(10(7)8)13-16(14)15/h3-4,9,13H,1-2H2,(H,14,15)/p-1. The molecule has 0 radical (unpaired) electrons. The minimum atomic E-state index is -2.30. The number of rotatable bonds is 2. The van der Waals surface area contributed by atoms with Gasteiger partial charge in [-0.2, -0.15) is 5.26 Å². The molecule has 1 aromatic carbocycles. The highest BCUT2D eigenvalue weighted by Gasteiger charge is 2.25. The van der Waals surface area contributed by atoms with Crippen molar-refractivity contribution in [3.05, 3.63) is 33.8 Å². The van der Waals surface area contributed by atoms with E-state index in [9.17, 15) is 8.76 Å². The summed E-state index contributed by atoms with van der Waals surface area (Å²) in [7, 11) is 0. The highest BCUT2D eigenvalue weighted by Crippen LogP contribution is 2.37. The molecule has 1 N–H and O–H groups in total. The summed E-state index contributed by atoms with van der Waals surface area (Å²) in [6.07, 6.45) is 1.41. The molecule has 6 heteroatoms. The SMILES string of the molecule is N#Cc1cc(Cl)c2c(c1)CCC2NS(=O)[O-]. The van der Waals surface area contributed by atoms with Crippen molar-refractivity contribution in [2.24, 2.45) is 0 Å². The molecule has 2 atom stereocenters. The van der Waals surface area contributed by atoms with Crippen LogP contribution in [0.3, 0.4) is 0 Å². The lowest BCUT2D eigenvalue weighted by molar-refractivity contribution is 0.504. The fraction of sp³-hybridized carbons (Fsp3) is 0.300. The average molecular weight is 256 g/mol. The first-order chi connectivity index (χ1) is 7.61. The van der Waals surface area contributed by atoms with E-state index in [4.69, 9.17) is 16.9 Å². The van der Waals surface area contributed by atoms with Gasteiger partial charge in [0.25, 0.3) is 0 Å².